The second-order valence-electron chi connectivity index (χ2n) is 9.22. The number of sulfonamides is 1. The zero-order chi connectivity index (χ0) is 30.0. The van der Waals surface area contributed by atoms with Crippen LogP contribution in [-0.2, 0) is 24.3 Å². The highest BCUT2D eigenvalue weighted by atomic mass is 32.2. The van der Waals surface area contributed by atoms with E-state index in [1.165, 1.54) is 9.80 Å². The van der Waals surface area contributed by atoms with Gasteiger partial charge in [0.1, 0.15) is 17.6 Å². The maximum atomic E-state index is 13.4. The SMILES string of the molecule is CCCS(=O)(=O)Nc1cc(C(=O)N[C@@H](CCC(=O)O)C(=O)N2CCN(C(=O)OCC)CC2)nc(-c2ccccc2)n1. The van der Waals surface area contributed by atoms with Crippen LogP contribution in [0, 0.1) is 0 Å². The molecule has 0 bridgehead atoms. The summed E-state index contributed by atoms with van der Waals surface area (Å²) in [5.41, 5.74) is 0.310. The van der Waals surface area contributed by atoms with Gasteiger partial charge in [0.2, 0.25) is 15.9 Å². The second-order valence-corrected chi connectivity index (χ2v) is 11.1. The van der Waals surface area contributed by atoms with Crippen LogP contribution in [-0.4, -0.2) is 102 Å². The lowest BCUT2D eigenvalue weighted by atomic mass is 10.1. The van der Waals surface area contributed by atoms with Crippen molar-refractivity contribution in [2.75, 3.05) is 43.3 Å². The van der Waals surface area contributed by atoms with Gasteiger partial charge in [0, 0.05) is 44.2 Å². The number of carbonyl (C=O) groups is 4. The van der Waals surface area contributed by atoms with E-state index >= 15 is 0 Å². The Hall–Kier alpha value is -4.27. The van der Waals surface area contributed by atoms with E-state index in [2.05, 4.69) is 20.0 Å². The minimum atomic E-state index is -3.74. The Bertz CT molecular complexity index is 1350. The monoisotopic (exact) mass is 590 g/mol. The van der Waals surface area contributed by atoms with Gasteiger partial charge in [0.25, 0.3) is 5.91 Å². The first-order valence-electron chi connectivity index (χ1n) is 13.2. The van der Waals surface area contributed by atoms with Crippen molar-refractivity contribution in [3.63, 3.8) is 0 Å². The van der Waals surface area contributed by atoms with Crippen LogP contribution >= 0.6 is 0 Å². The van der Waals surface area contributed by atoms with Gasteiger partial charge in [0.15, 0.2) is 5.82 Å². The molecule has 1 saturated heterocycles. The Morgan fingerprint density at radius 1 is 1.02 bits per heavy atom. The van der Waals surface area contributed by atoms with Gasteiger partial charge in [0.05, 0.1) is 12.4 Å². The van der Waals surface area contributed by atoms with Gasteiger partial charge in [-0.1, -0.05) is 37.3 Å². The summed E-state index contributed by atoms with van der Waals surface area (Å²) >= 11 is 0. The van der Waals surface area contributed by atoms with E-state index in [0.29, 0.717) is 12.0 Å². The molecule has 1 fully saturated rings. The van der Waals surface area contributed by atoms with Crippen molar-refractivity contribution < 1.29 is 37.4 Å². The zero-order valence-electron chi connectivity index (χ0n) is 22.9. The summed E-state index contributed by atoms with van der Waals surface area (Å²) in [6.07, 6.45) is -0.704. The molecule has 3 amide bonds. The molecule has 0 aliphatic carbocycles. The highest BCUT2D eigenvalue weighted by Crippen LogP contribution is 2.19. The number of aromatic nitrogens is 2. The number of piperazine rings is 1. The fourth-order valence-electron chi connectivity index (χ4n) is 4.11. The molecule has 41 heavy (non-hydrogen) atoms. The number of aliphatic carboxylic acids is 1. The van der Waals surface area contributed by atoms with Crippen molar-refractivity contribution in [2.24, 2.45) is 0 Å². The van der Waals surface area contributed by atoms with Crippen LogP contribution < -0.4 is 10.0 Å². The molecule has 3 rings (SSSR count). The van der Waals surface area contributed by atoms with Crippen LogP contribution in [0.5, 0.6) is 0 Å². The molecular formula is C26H34N6O8S. The number of rotatable bonds is 12. The summed E-state index contributed by atoms with van der Waals surface area (Å²) in [7, 11) is -3.74. The number of nitrogens with zero attached hydrogens (tertiary/aromatic N) is 4. The Kier molecular flexibility index (Phi) is 11.0. The van der Waals surface area contributed by atoms with Gasteiger partial charge in [-0.05, 0) is 19.8 Å². The summed E-state index contributed by atoms with van der Waals surface area (Å²) < 4.78 is 32.2. The zero-order valence-corrected chi connectivity index (χ0v) is 23.7. The lowest BCUT2D eigenvalue weighted by molar-refractivity contribution is -0.138. The van der Waals surface area contributed by atoms with Crippen molar-refractivity contribution in [3.8, 4) is 11.4 Å². The van der Waals surface area contributed by atoms with E-state index in [1.807, 2.05) is 0 Å². The fraction of sp³-hybridized carbons (Fsp3) is 0.462. The lowest BCUT2D eigenvalue weighted by Gasteiger charge is -2.35. The summed E-state index contributed by atoms with van der Waals surface area (Å²) in [5, 5.41) is 11.8. The van der Waals surface area contributed by atoms with Crippen LogP contribution in [0.3, 0.4) is 0 Å². The molecule has 14 nitrogen and oxygen atoms in total. The standard InChI is InChI=1S/C26H34N6O8S/c1-3-16-41(38,39)30-21-17-20(27-23(29-21)18-8-6-5-7-9-18)24(35)28-19(10-11-22(33)34)25(36)31-12-14-32(15-13-31)26(37)40-4-2/h5-9,17,19H,3-4,10-16H2,1-2H3,(H,28,35)(H,33,34)(H,27,29,30)/t19-/m0/s1. The van der Waals surface area contributed by atoms with Crippen LogP contribution in [0.4, 0.5) is 10.6 Å². The van der Waals surface area contributed by atoms with E-state index in [1.54, 1.807) is 44.2 Å². The number of carbonyl (C=O) groups excluding carboxylic acids is 3. The lowest BCUT2D eigenvalue weighted by Crippen LogP contribution is -2.56. The molecule has 1 aromatic heterocycles. The third-order valence-electron chi connectivity index (χ3n) is 6.09. The number of hydrogen-bond donors (Lipinski definition) is 3. The average Bonchev–Trinajstić information content (AvgIpc) is 2.94. The van der Waals surface area contributed by atoms with E-state index in [-0.39, 0.29) is 68.7 Å². The van der Waals surface area contributed by atoms with Gasteiger partial charge < -0.3 is 25.0 Å². The molecule has 1 aromatic carbocycles. The first-order valence-corrected chi connectivity index (χ1v) is 14.9. The summed E-state index contributed by atoms with van der Waals surface area (Å²) in [6.45, 7) is 4.40. The van der Waals surface area contributed by atoms with Crippen molar-refractivity contribution in [1.82, 2.24) is 25.1 Å². The Labute approximate surface area is 238 Å². The molecule has 0 spiro atoms. The third kappa shape index (κ3) is 9.13. The second kappa shape index (κ2) is 14.4. The number of nitrogens with one attached hydrogen (secondary N) is 2. The van der Waals surface area contributed by atoms with Gasteiger partial charge in [-0.2, -0.15) is 0 Å². The maximum absolute atomic E-state index is 13.4. The molecule has 1 aliphatic heterocycles. The fourth-order valence-corrected chi connectivity index (χ4v) is 5.18. The molecule has 0 saturated carbocycles. The van der Waals surface area contributed by atoms with Crippen LogP contribution in [0.2, 0.25) is 0 Å². The number of carboxylic acid groups (broad SMARTS) is 1. The molecule has 2 heterocycles. The number of anilines is 1. The minimum Gasteiger partial charge on any atom is -0.481 e. The Morgan fingerprint density at radius 3 is 2.29 bits per heavy atom. The normalized spacial score (nSPS) is 14.2. The van der Waals surface area contributed by atoms with E-state index in [0.717, 1.165) is 6.07 Å². The molecule has 2 aromatic rings. The molecule has 1 aliphatic rings. The highest BCUT2D eigenvalue weighted by molar-refractivity contribution is 7.92. The first kappa shape index (κ1) is 31.3. The minimum absolute atomic E-state index is 0.0796. The number of ether oxygens (including phenoxy) is 1. The predicted molar refractivity (Wildman–Crippen MR) is 148 cm³/mol. The van der Waals surface area contributed by atoms with Crippen molar-refractivity contribution >= 4 is 39.7 Å². The van der Waals surface area contributed by atoms with Gasteiger partial charge in [-0.25, -0.2) is 23.2 Å². The summed E-state index contributed by atoms with van der Waals surface area (Å²) in [6, 6.07) is 8.57. The number of amides is 3. The molecule has 222 valence electrons. The Morgan fingerprint density at radius 2 is 1.68 bits per heavy atom. The highest BCUT2D eigenvalue weighted by Gasteiger charge is 2.31. The number of benzene rings is 1. The molecule has 15 heteroatoms. The third-order valence-corrected chi connectivity index (χ3v) is 7.56. The van der Waals surface area contributed by atoms with Crippen molar-refractivity contribution in [1.29, 1.82) is 0 Å². The molecule has 0 unspecified atom stereocenters. The van der Waals surface area contributed by atoms with Gasteiger partial charge in [-0.15, -0.1) is 0 Å². The Balaban J connectivity index is 1.85. The molecule has 1 atom stereocenters. The maximum Gasteiger partial charge on any atom is 0.409 e. The average molecular weight is 591 g/mol. The molecule has 3 N–H and O–H groups in total. The summed E-state index contributed by atoms with van der Waals surface area (Å²) in [4.78, 5) is 61.5. The van der Waals surface area contributed by atoms with Crippen molar-refractivity contribution in [3.05, 3.63) is 42.1 Å². The van der Waals surface area contributed by atoms with Gasteiger partial charge >= 0.3 is 12.1 Å². The topological polar surface area (TPSA) is 188 Å². The number of carboxylic acids is 1. The van der Waals surface area contributed by atoms with Gasteiger partial charge in [-0.3, -0.25) is 19.1 Å². The van der Waals surface area contributed by atoms with Crippen LogP contribution in [0.25, 0.3) is 11.4 Å². The first-order chi connectivity index (χ1) is 19.5. The van der Waals surface area contributed by atoms with E-state index in [9.17, 15) is 32.7 Å². The number of hydrogen-bond acceptors (Lipinski definition) is 9. The smallest absolute Gasteiger partial charge is 0.409 e. The van der Waals surface area contributed by atoms with E-state index in [4.69, 9.17) is 4.74 Å². The largest absolute Gasteiger partial charge is 0.481 e. The van der Waals surface area contributed by atoms with Crippen molar-refractivity contribution in [2.45, 2.75) is 39.2 Å². The predicted octanol–water partition coefficient (Wildman–Crippen LogP) is 1.56. The quantitative estimate of drug-likeness (QED) is 0.327. The summed E-state index contributed by atoms with van der Waals surface area (Å²) in [5.74, 6) is -2.67. The molecular weight excluding hydrogens is 556 g/mol. The molecule has 0 radical (unpaired) electrons. The van der Waals surface area contributed by atoms with E-state index < -0.39 is 39.9 Å². The van der Waals surface area contributed by atoms with Crippen LogP contribution in [0.15, 0.2) is 36.4 Å². The van der Waals surface area contributed by atoms with Crippen LogP contribution in [0.1, 0.15) is 43.6 Å².